The third-order valence-corrected chi connectivity index (χ3v) is 1.10. The molecular formula is C6H12NO3. The van der Waals surface area contributed by atoms with Crippen LogP contribution in [0.3, 0.4) is 0 Å². The average Bonchev–Trinajstić information content (AvgIpc) is 1.90. The van der Waals surface area contributed by atoms with E-state index in [1.54, 1.807) is 6.92 Å². The fraction of sp³-hybridized carbons (Fsp3) is 0.833. The predicted molar refractivity (Wildman–Crippen MR) is 34.5 cm³/mol. The predicted octanol–water partition coefficient (Wildman–Crippen LogP) is 0.215. The van der Waals surface area contributed by atoms with E-state index in [1.165, 1.54) is 14.0 Å². The van der Waals surface area contributed by atoms with Crippen LogP contribution in [0, 0.1) is 0 Å². The van der Waals surface area contributed by atoms with Gasteiger partial charge in [-0.1, -0.05) is 0 Å². The largest absolute Gasteiger partial charge is 0.278 e. The van der Waals surface area contributed by atoms with E-state index in [0.717, 1.165) is 5.06 Å². The van der Waals surface area contributed by atoms with E-state index in [4.69, 9.17) is 0 Å². The van der Waals surface area contributed by atoms with Gasteiger partial charge >= 0.3 is 0 Å². The molecule has 0 aliphatic rings. The van der Waals surface area contributed by atoms with Gasteiger partial charge in [-0.2, -0.15) is 0 Å². The maximum Gasteiger partial charge on any atom is 0.278 e. The molecule has 0 aromatic heterocycles. The Morgan fingerprint density at radius 2 is 2.20 bits per heavy atom. The second kappa shape index (κ2) is 4.24. The number of likely N-dealkylation sites (N-methyl/N-ethyl adjacent to an activating group) is 1. The Kier molecular flexibility index (Phi) is 3.99. The summed E-state index contributed by atoms with van der Waals surface area (Å²) in [5.41, 5.74) is 0. The lowest BCUT2D eigenvalue weighted by Crippen LogP contribution is -2.36. The van der Waals surface area contributed by atoms with Crippen molar-refractivity contribution in [3.8, 4) is 0 Å². The van der Waals surface area contributed by atoms with Crippen LogP contribution < -0.4 is 0 Å². The van der Waals surface area contributed by atoms with Gasteiger partial charge in [0.05, 0.1) is 7.11 Å². The number of carbonyl (C=O) groups excluding carboxylic acids is 1. The highest BCUT2D eigenvalue weighted by Gasteiger charge is 2.17. The number of hydrogen-bond acceptors (Lipinski definition) is 2. The van der Waals surface area contributed by atoms with Gasteiger partial charge in [-0.15, -0.1) is 0 Å². The first-order valence-corrected chi connectivity index (χ1v) is 3.14. The molecule has 1 amide bonds. The quantitative estimate of drug-likeness (QED) is 0.534. The first kappa shape index (κ1) is 9.39. The minimum Gasteiger partial charge on any atom is -0.274 e. The highest BCUT2D eigenvalue weighted by Crippen LogP contribution is 1.93. The maximum atomic E-state index is 10.8. The molecule has 0 aromatic rings. The SMILES string of the molecule is CCN(OC)C(=O)C(C)[O]. The lowest BCUT2D eigenvalue weighted by Gasteiger charge is -2.17. The Morgan fingerprint density at radius 3 is 2.30 bits per heavy atom. The van der Waals surface area contributed by atoms with E-state index < -0.39 is 12.0 Å². The van der Waals surface area contributed by atoms with Crippen LogP contribution in [0.4, 0.5) is 0 Å². The molecule has 10 heavy (non-hydrogen) atoms. The number of rotatable bonds is 3. The normalized spacial score (nSPS) is 12.8. The third kappa shape index (κ3) is 2.33. The molecule has 0 rings (SSSR count). The Labute approximate surface area is 60.3 Å². The summed E-state index contributed by atoms with van der Waals surface area (Å²) < 4.78 is 0. The molecule has 0 heterocycles. The molecule has 0 saturated carbocycles. The van der Waals surface area contributed by atoms with Crippen LogP contribution in [0.5, 0.6) is 0 Å². The van der Waals surface area contributed by atoms with Gasteiger partial charge in [0, 0.05) is 6.54 Å². The van der Waals surface area contributed by atoms with Crippen molar-refractivity contribution in [1.29, 1.82) is 0 Å². The van der Waals surface area contributed by atoms with Gasteiger partial charge in [0.15, 0.2) is 6.10 Å². The molecule has 0 aliphatic carbocycles. The summed E-state index contributed by atoms with van der Waals surface area (Å²) in [5.74, 6) is -0.523. The summed E-state index contributed by atoms with van der Waals surface area (Å²) in [6.07, 6.45) is -1.24. The van der Waals surface area contributed by atoms with E-state index >= 15 is 0 Å². The smallest absolute Gasteiger partial charge is 0.274 e. The maximum absolute atomic E-state index is 10.8. The van der Waals surface area contributed by atoms with Crippen molar-refractivity contribution >= 4 is 5.91 Å². The minimum absolute atomic E-state index is 0.405. The second-order valence-corrected chi connectivity index (χ2v) is 1.86. The van der Waals surface area contributed by atoms with Crippen molar-refractivity contribution in [2.24, 2.45) is 0 Å². The molecule has 0 saturated heterocycles. The van der Waals surface area contributed by atoms with Gasteiger partial charge in [-0.05, 0) is 13.8 Å². The van der Waals surface area contributed by atoms with Crippen molar-refractivity contribution < 1.29 is 14.7 Å². The number of carbonyl (C=O) groups is 1. The van der Waals surface area contributed by atoms with Crippen LogP contribution in [0.2, 0.25) is 0 Å². The van der Waals surface area contributed by atoms with Crippen molar-refractivity contribution in [3.63, 3.8) is 0 Å². The first-order valence-electron chi connectivity index (χ1n) is 3.14. The van der Waals surface area contributed by atoms with Gasteiger partial charge in [0.2, 0.25) is 0 Å². The van der Waals surface area contributed by atoms with E-state index in [9.17, 15) is 9.90 Å². The molecule has 4 nitrogen and oxygen atoms in total. The van der Waals surface area contributed by atoms with Gasteiger partial charge < -0.3 is 0 Å². The van der Waals surface area contributed by atoms with Gasteiger partial charge in [0.1, 0.15) is 0 Å². The van der Waals surface area contributed by atoms with Crippen molar-refractivity contribution in [1.82, 2.24) is 5.06 Å². The number of amides is 1. The fourth-order valence-corrected chi connectivity index (χ4v) is 0.578. The summed E-state index contributed by atoms with van der Waals surface area (Å²) in [4.78, 5) is 15.4. The zero-order valence-corrected chi connectivity index (χ0v) is 6.46. The van der Waals surface area contributed by atoms with Crippen LogP contribution >= 0.6 is 0 Å². The summed E-state index contributed by atoms with van der Waals surface area (Å²) in [6, 6.07) is 0. The van der Waals surface area contributed by atoms with Crippen LogP contribution in [0.25, 0.3) is 0 Å². The molecule has 1 unspecified atom stereocenters. The molecule has 4 heteroatoms. The zero-order chi connectivity index (χ0) is 8.15. The molecule has 0 spiro atoms. The van der Waals surface area contributed by atoms with Crippen molar-refractivity contribution in [2.45, 2.75) is 20.0 Å². The molecule has 0 bridgehead atoms. The molecule has 1 radical (unpaired) electrons. The lowest BCUT2D eigenvalue weighted by atomic mass is 10.4. The van der Waals surface area contributed by atoms with Crippen molar-refractivity contribution in [3.05, 3.63) is 0 Å². The summed E-state index contributed by atoms with van der Waals surface area (Å²) >= 11 is 0. The minimum atomic E-state index is -1.24. The van der Waals surface area contributed by atoms with Gasteiger partial charge in [0.25, 0.3) is 5.91 Å². The summed E-state index contributed by atoms with van der Waals surface area (Å²) in [7, 11) is 1.36. The molecule has 1 atom stereocenters. The number of hydroxylamine groups is 2. The molecule has 0 aromatic carbocycles. The number of hydrogen-bond donors (Lipinski definition) is 0. The highest BCUT2D eigenvalue weighted by atomic mass is 16.7. The Morgan fingerprint density at radius 1 is 1.70 bits per heavy atom. The summed E-state index contributed by atoms with van der Waals surface area (Å²) in [6.45, 7) is 3.44. The molecule has 0 fully saturated rings. The fourth-order valence-electron chi connectivity index (χ4n) is 0.578. The lowest BCUT2D eigenvalue weighted by molar-refractivity contribution is -0.185. The van der Waals surface area contributed by atoms with E-state index in [-0.39, 0.29) is 0 Å². The zero-order valence-electron chi connectivity index (χ0n) is 6.46. The molecule has 0 N–H and O–H groups in total. The molecule has 59 valence electrons. The van der Waals surface area contributed by atoms with Crippen LogP contribution in [0.15, 0.2) is 0 Å². The second-order valence-electron chi connectivity index (χ2n) is 1.86. The van der Waals surface area contributed by atoms with Gasteiger partial charge in [-0.25, -0.2) is 10.2 Å². The Bertz CT molecular complexity index is 110. The standard InChI is InChI=1S/C6H12NO3/c1-4-7(10-3)6(9)5(2)8/h5H,4H2,1-3H3. The van der Waals surface area contributed by atoms with Crippen molar-refractivity contribution in [2.75, 3.05) is 13.7 Å². The van der Waals surface area contributed by atoms with Crippen LogP contribution in [-0.4, -0.2) is 30.7 Å². The van der Waals surface area contributed by atoms with Crippen LogP contribution in [0.1, 0.15) is 13.8 Å². The number of nitrogens with zero attached hydrogens (tertiary/aromatic N) is 1. The summed E-state index contributed by atoms with van der Waals surface area (Å²) in [5, 5.41) is 11.6. The Balaban J connectivity index is 3.89. The van der Waals surface area contributed by atoms with Crippen LogP contribution in [-0.2, 0) is 14.7 Å². The molecular weight excluding hydrogens is 134 g/mol. The monoisotopic (exact) mass is 146 g/mol. The third-order valence-electron chi connectivity index (χ3n) is 1.10. The van der Waals surface area contributed by atoms with Gasteiger partial charge in [-0.3, -0.25) is 9.63 Å². The average molecular weight is 146 g/mol. The van der Waals surface area contributed by atoms with E-state index in [0.29, 0.717) is 6.54 Å². The molecule has 0 aliphatic heterocycles. The Hall–Kier alpha value is -0.610. The highest BCUT2D eigenvalue weighted by molar-refractivity contribution is 5.79. The topological polar surface area (TPSA) is 49.4 Å². The first-order chi connectivity index (χ1) is 4.63. The van der Waals surface area contributed by atoms with E-state index in [1.807, 2.05) is 0 Å². The van der Waals surface area contributed by atoms with E-state index in [2.05, 4.69) is 4.84 Å².